The molecule has 0 aromatic rings. The van der Waals surface area contributed by atoms with Gasteiger partial charge in [0.15, 0.2) is 6.29 Å². The molecule has 0 saturated carbocycles. The van der Waals surface area contributed by atoms with Gasteiger partial charge in [0, 0.05) is 12.4 Å². The lowest BCUT2D eigenvalue weighted by Gasteiger charge is -1.99. The maximum atomic E-state index is 10.00. The molecule has 1 aliphatic rings. The molecule has 1 rings (SSSR count). The van der Waals surface area contributed by atoms with E-state index in [1.54, 1.807) is 12.4 Å². The Labute approximate surface area is 51.6 Å². The number of aldehydes is 1. The van der Waals surface area contributed by atoms with Crippen LogP contribution in [-0.4, -0.2) is 6.29 Å². The minimum atomic E-state index is 0.715. The van der Waals surface area contributed by atoms with Crippen molar-refractivity contribution < 1.29 is 4.79 Å². The summed E-state index contributed by atoms with van der Waals surface area (Å²) in [5.41, 5.74) is 0. The van der Waals surface area contributed by atoms with Crippen molar-refractivity contribution in [2.75, 3.05) is 0 Å². The first-order valence-electron chi connectivity index (χ1n) is 2.16. The van der Waals surface area contributed by atoms with E-state index in [0.29, 0.717) is 4.91 Å². The Morgan fingerprint density at radius 2 is 2.62 bits per heavy atom. The molecule has 42 valence electrons. The summed E-state index contributed by atoms with van der Waals surface area (Å²) in [4.78, 5) is 10.7. The summed E-state index contributed by atoms with van der Waals surface area (Å²) in [6, 6.07) is 0. The SMILES string of the molecule is O=CC1=CNC=CS1. The molecule has 0 aromatic carbocycles. The molecule has 0 atom stereocenters. The minimum absolute atomic E-state index is 0.715. The van der Waals surface area contributed by atoms with Gasteiger partial charge in [-0.15, -0.1) is 0 Å². The predicted molar refractivity (Wildman–Crippen MR) is 34.0 cm³/mol. The number of carbonyl (C=O) groups is 1. The number of carbonyl (C=O) groups excluding carboxylic acids is 1. The molecule has 0 radical (unpaired) electrons. The molecule has 0 bridgehead atoms. The summed E-state index contributed by atoms with van der Waals surface area (Å²) in [5, 5.41) is 4.61. The van der Waals surface area contributed by atoms with Crippen molar-refractivity contribution in [1.29, 1.82) is 0 Å². The molecule has 0 unspecified atom stereocenters. The maximum absolute atomic E-state index is 10.00. The fourth-order valence-electron chi connectivity index (χ4n) is 0.378. The van der Waals surface area contributed by atoms with Crippen molar-refractivity contribution in [2.45, 2.75) is 0 Å². The molecular formula is C5H5NOS. The minimum Gasteiger partial charge on any atom is -0.366 e. The van der Waals surface area contributed by atoms with Gasteiger partial charge in [-0.1, -0.05) is 11.8 Å². The number of allylic oxidation sites excluding steroid dienone is 1. The summed E-state index contributed by atoms with van der Waals surface area (Å²) >= 11 is 1.41. The van der Waals surface area contributed by atoms with Crippen LogP contribution in [0.15, 0.2) is 22.7 Å². The van der Waals surface area contributed by atoms with Crippen LogP contribution in [0, 0.1) is 0 Å². The Kier molecular flexibility index (Phi) is 1.75. The average Bonchev–Trinajstić information content (AvgIpc) is 1.90. The highest BCUT2D eigenvalue weighted by molar-refractivity contribution is 8.06. The topological polar surface area (TPSA) is 29.1 Å². The first kappa shape index (κ1) is 5.44. The molecule has 3 heteroatoms. The van der Waals surface area contributed by atoms with Crippen LogP contribution < -0.4 is 5.32 Å². The van der Waals surface area contributed by atoms with Gasteiger partial charge in [0.25, 0.3) is 0 Å². The van der Waals surface area contributed by atoms with Crippen LogP contribution in [0.25, 0.3) is 0 Å². The number of thioether (sulfide) groups is 1. The van der Waals surface area contributed by atoms with Gasteiger partial charge in [-0.2, -0.15) is 0 Å². The number of hydrogen-bond donors (Lipinski definition) is 1. The molecule has 0 amide bonds. The summed E-state index contributed by atoms with van der Waals surface area (Å²) in [7, 11) is 0. The van der Waals surface area contributed by atoms with E-state index < -0.39 is 0 Å². The second-order valence-corrected chi connectivity index (χ2v) is 2.23. The first-order chi connectivity index (χ1) is 3.93. The van der Waals surface area contributed by atoms with Gasteiger partial charge in [0.1, 0.15) is 0 Å². The molecule has 0 aromatic heterocycles. The van der Waals surface area contributed by atoms with E-state index in [2.05, 4.69) is 5.32 Å². The van der Waals surface area contributed by atoms with Crippen LogP contribution in [0.3, 0.4) is 0 Å². The molecule has 0 saturated heterocycles. The van der Waals surface area contributed by atoms with Crippen molar-refractivity contribution >= 4 is 18.0 Å². The second kappa shape index (κ2) is 2.57. The van der Waals surface area contributed by atoms with Gasteiger partial charge in [-0.3, -0.25) is 4.79 Å². The summed E-state index contributed by atoms with van der Waals surface area (Å²) in [6.45, 7) is 0. The van der Waals surface area contributed by atoms with Crippen molar-refractivity contribution in [3.05, 3.63) is 22.7 Å². The van der Waals surface area contributed by atoms with E-state index in [0.717, 1.165) is 6.29 Å². The van der Waals surface area contributed by atoms with E-state index in [4.69, 9.17) is 0 Å². The normalized spacial score (nSPS) is 16.8. The molecule has 0 spiro atoms. The predicted octanol–water partition coefficient (Wildman–Crippen LogP) is 0.834. The van der Waals surface area contributed by atoms with Crippen molar-refractivity contribution in [3.63, 3.8) is 0 Å². The monoisotopic (exact) mass is 127 g/mol. The lowest BCUT2D eigenvalue weighted by atomic mass is 10.6. The Balaban J connectivity index is 2.55. The molecule has 1 aliphatic heterocycles. The number of nitrogens with one attached hydrogen (secondary N) is 1. The van der Waals surface area contributed by atoms with E-state index in [1.807, 2.05) is 5.41 Å². The Bertz CT molecular complexity index is 151. The lowest BCUT2D eigenvalue weighted by Crippen LogP contribution is -1.97. The Hall–Kier alpha value is -0.700. The molecule has 1 heterocycles. The van der Waals surface area contributed by atoms with Crippen molar-refractivity contribution in [2.24, 2.45) is 0 Å². The third-order valence-corrected chi connectivity index (χ3v) is 1.47. The van der Waals surface area contributed by atoms with Crippen LogP contribution >= 0.6 is 11.8 Å². The van der Waals surface area contributed by atoms with Crippen LogP contribution in [0.5, 0.6) is 0 Å². The summed E-state index contributed by atoms with van der Waals surface area (Å²) in [6.07, 6.45) is 4.26. The fraction of sp³-hybridized carbons (Fsp3) is 0. The third kappa shape index (κ3) is 1.13. The maximum Gasteiger partial charge on any atom is 0.158 e. The molecule has 8 heavy (non-hydrogen) atoms. The van der Waals surface area contributed by atoms with Gasteiger partial charge in [0.2, 0.25) is 0 Å². The summed E-state index contributed by atoms with van der Waals surface area (Å²) in [5.74, 6) is 0. The van der Waals surface area contributed by atoms with Gasteiger partial charge < -0.3 is 5.32 Å². The van der Waals surface area contributed by atoms with Gasteiger partial charge >= 0.3 is 0 Å². The van der Waals surface area contributed by atoms with Crippen LogP contribution in [0.2, 0.25) is 0 Å². The van der Waals surface area contributed by atoms with E-state index in [-0.39, 0.29) is 0 Å². The van der Waals surface area contributed by atoms with Crippen LogP contribution in [-0.2, 0) is 4.79 Å². The van der Waals surface area contributed by atoms with Gasteiger partial charge in [-0.25, -0.2) is 0 Å². The van der Waals surface area contributed by atoms with Crippen LogP contribution in [0.1, 0.15) is 0 Å². The first-order valence-corrected chi connectivity index (χ1v) is 3.04. The third-order valence-electron chi connectivity index (χ3n) is 0.710. The average molecular weight is 127 g/mol. The zero-order chi connectivity index (χ0) is 5.82. The largest absolute Gasteiger partial charge is 0.366 e. The molecule has 0 fully saturated rings. The molecule has 0 aliphatic carbocycles. The van der Waals surface area contributed by atoms with E-state index in [1.165, 1.54) is 11.8 Å². The summed E-state index contributed by atoms with van der Waals surface area (Å²) < 4.78 is 0. The fourth-order valence-corrected chi connectivity index (χ4v) is 0.873. The van der Waals surface area contributed by atoms with Gasteiger partial charge in [-0.05, 0) is 5.41 Å². The zero-order valence-electron chi connectivity index (χ0n) is 4.13. The highest BCUT2D eigenvalue weighted by atomic mass is 32.2. The quantitative estimate of drug-likeness (QED) is 0.529. The number of rotatable bonds is 1. The van der Waals surface area contributed by atoms with Crippen molar-refractivity contribution in [3.8, 4) is 0 Å². The molecular weight excluding hydrogens is 122 g/mol. The Morgan fingerprint density at radius 3 is 3.00 bits per heavy atom. The lowest BCUT2D eigenvalue weighted by molar-refractivity contribution is -0.104. The molecule has 1 N–H and O–H groups in total. The molecule has 2 nitrogen and oxygen atoms in total. The van der Waals surface area contributed by atoms with E-state index in [9.17, 15) is 4.79 Å². The zero-order valence-corrected chi connectivity index (χ0v) is 4.94. The highest BCUT2D eigenvalue weighted by Gasteiger charge is 1.93. The van der Waals surface area contributed by atoms with Crippen LogP contribution in [0.4, 0.5) is 0 Å². The Morgan fingerprint density at radius 1 is 1.75 bits per heavy atom. The standard InChI is InChI=1S/C5H5NOS/c7-4-5-3-6-1-2-8-5/h1-4,6H. The van der Waals surface area contributed by atoms with Gasteiger partial charge in [0.05, 0.1) is 4.91 Å². The highest BCUT2D eigenvalue weighted by Crippen LogP contribution is 2.15. The smallest absolute Gasteiger partial charge is 0.158 e. The second-order valence-electron chi connectivity index (χ2n) is 1.25. The van der Waals surface area contributed by atoms with E-state index >= 15 is 0 Å². The van der Waals surface area contributed by atoms with Crippen molar-refractivity contribution in [1.82, 2.24) is 5.32 Å². The number of hydrogen-bond acceptors (Lipinski definition) is 3.